The molecule has 0 N–H and O–H groups in total. The molecule has 0 aliphatic carbocycles. The number of carbonyl (C=O) groups excluding carboxylic acids is 1. The molecule has 0 saturated carbocycles. The quantitative estimate of drug-likeness (QED) is 0.644. The van der Waals surface area contributed by atoms with Gasteiger partial charge in [-0.05, 0) is 43.1 Å². The number of alkyl halides is 3. The number of halogens is 3. The maximum atomic E-state index is 13.3. The maximum absolute atomic E-state index is 13.3. The Labute approximate surface area is 196 Å². The molecule has 0 bridgehead atoms. The molecule has 1 aromatic carbocycles. The average molecular weight is 482 g/mol. The van der Waals surface area contributed by atoms with Crippen molar-refractivity contribution in [2.45, 2.75) is 38.3 Å². The van der Waals surface area contributed by atoms with Gasteiger partial charge in [-0.15, -0.1) is 0 Å². The van der Waals surface area contributed by atoms with Crippen LogP contribution < -0.4 is 4.90 Å². The Hall–Kier alpha value is -2.82. The summed E-state index contributed by atoms with van der Waals surface area (Å²) in [4.78, 5) is 23.3. The van der Waals surface area contributed by atoms with Gasteiger partial charge in [-0.2, -0.15) is 18.2 Å². The lowest BCUT2D eigenvalue weighted by Crippen LogP contribution is -2.52. The first-order valence-electron chi connectivity index (χ1n) is 11.7. The SMILES string of the molecule is CCN(CC)c1noc(C2CC(c3ccc(C(F)(F)F)cc3)CN(C(=O)N3CCOCC3)C2)n1. The Morgan fingerprint density at radius 3 is 2.32 bits per heavy atom. The van der Waals surface area contributed by atoms with Crippen LogP contribution in [0.2, 0.25) is 0 Å². The zero-order chi connectivity index (χ0) is 24.3. The normalized spacial score (nSPS) is 21.6. The summed E-state index contributed by atoms with van der Waals surface area (Å²) in [6.07, 6.45) is -3.80. The first-order valence-corrected chi connectivity index (χ1v) is 11.7. The van der Waals surface area contributed by atoms with Gasteiger partial charge in [-0.1, -0.05) is 12.1 Å². The fourth-order valence-corrected chi connectivity index (χ4v) is 4.60. The van der Waals surface area contributed by atoms with Crippen LogP contribution in [0.1, 0.15) is 49.1 Å². The predicted octanol–water partition coefficient (Wildman–Crippen LogP) is 3.96. The molecule has 2 unspecified atom stereocenters. The van der Waals surface area contributed by atoms with Crippen LogP contribution in [0.25, 0.3) is 0 Å². The number of amides is 2. The molecule has 2 atom stereocenters. The van der Waals surface area contributed by atoms with Gasteiger partial charge in [0.15, 0.2) is 0 Å². The second kappa shape index (κ2) is 10.2. The molecular weight excluding hydrogens is 451 g/mol. The van der Waals surface area contributed by atoms with E-state index in [0.29, 0.717) is 57.7 Å². The van der Waals surface area contributed by atoms with E-state index in [1.807, 2.05) is 18.7 Å². The highest BCUT2D eigenvalue weighted by Gasteiger charge is 2.37. The number of aromatic nitrogens is 2. The number of hydrogen-bond donors (Lipinski definition) is 0. The molecule has 8 nitrogen and oxygen atoms in total. The van der Waals surface area contributed by atoms with Gasteiger partial charge in [0.05, 0.1) is 24.7 Å². The van der Waals surface area contributed by atoms with Crippen molar-refractivity contribution in [3.63, 3.8) is 0 Å². The van der Waals surface area contributed by atoms with Crippen molar-refractivity contribution in [3.05, 3.63) is 41.3 Å². The third-order valence-electron chi connectivity index (χ3n) is 6.54. The number of ether oxygens (including phenoxy) is 1. The van der Waals surface area contributed by atoms with Gasteiger partial charge < -0.3 is 24.0 Å². The lowest BCUT2D eigenvalue weighted by molar-refractivity contribution is -0.137. The van der Waals surface area contributed by atoms with Crippen LogP contribution in [-0.4, -0.2) is 78.5 Å². The molecule has 3 heterocycles. The molecule has 2 amide bonds. The number of piperidine rings is 1. The Kier molecular flexibility index (Phi) is 7.30. The Morgan fingerprint density at radius 2 is 1.71 bits per heavy atom. The second-order valence-electron chi connectivity index (χ2n) is 8.64. The monoisotopic (exact) mass is 481 g/mol. The molecule has 2 aromatic rings. The summed E-state index contributed by atoms with van der Waals surface area (Å²) in [6, 6.07) is 5.09. The van der Waals surface area contributed by atoms with E-state index in [1.165, 1.54) is 12.1 Å². The lowest BCUT2D eigenvalue weighted by Gasteiger charge is -2.40. The smallest absolute Gasteiger partial charge is 0.378 e. The Balaban J connectivity index is 1.59. The number of anilines is 1. The molecule has 2 saturated heterocycles. The van der Waals surface area contributed by atoms with Crippen molar-refractivity contribution < 1.29 is 27.2 Å². The molecule has 2 fully saturated rings. The summed E-state index contributed by atoms with van der Waals surface area (Å²) in [5.74, 6) is 0.568. The lowest BCUT2D eigenvalue weighted by atomic mass is 9.84. The van der Waals surface area contributed by atoms with Crippen LogP contribution in [0, 0.1) is 0 Å². The number of morpholine rings is 1. The zero-order valence-corrected chi connectivity index (χ0v) is 19.4. The molecule has 4 rings (SSSR count). The molecule has 34 heavy (non-hydrogen) atoms. The summed E-state index contributed by atoms with van der Waals surface area (Å²) in [5.41, 5.74) is 0.0617. The Bertz CT molecular complexity index is 956. The number of nitrogens with zero attached hydrogens (tertiary/aromatic N) is 5. The highest BCUT2D eigenvalue weighted by Crippen LogP contribution is 2.37. The molecule has 0 spiro atoms. The van der Waals surface area contributed by atoms with Crippen molar-refractivity contribution >= 4 is 12.0 Å². The predicted molar refractivity (Wildman–Crippen MR) is 119 cm³/mol. The molecule has 2 aliphatic rings. The third-order valence-corrected chi connectivity index (χ3v) is 6.54. The van der Waals surface area contributed by atoms with Crippen LogP contribution in [0.3, 0.4) is 0 Å². The van der Waals surface area contributed by atoms with Gasteiger partial charge in [-0.3, -0.25) is 0 Å². The van der Waals surface area contributed by atoms with E-state index in [1.54, 1.807) is 9.80 Å². The minimum Gasteiger partial charge on any atom is -0.378 e. The maximum Gasteiger partial charge on any atom is 0.416 e. The molecular formula is C23H30F3N5O3. The van der Waals surface area contributed by atoms with Crippen molar-refractivity contribution in [3.8, 4) is 0 Å². The standard InChI is InChI=1S/C23H30F3N5O3/c1-3-29(4-2)21-27-20(34-28-21)18-13-17(16-5-7-19(8-6-16)23(24,25)26)14-31(15-18)22(32)30-9-11-33-12-10-30/h5-8,17-18H,3-4,9-15H2,1-2H3. The number of benzene rings is 1. The number of carbonyl (C=O) groups is 1. The molecule has 1 aromatic heterocycles. The van der Waals surface area contributed by atoms with Gasteiger partial charge >= 0.3 is 12.2 Å². The Morgan fingerprint density at radius 1 is 1.06 bits per heavy atom. The van der Waals surface area contributed by atoms with Crippen molar-refractivity contribution in [2.24, 2.45) is 0 Å². The largest absolute Gasteiger partial charge is 0.416 e. The van der Waals surface area contributed by atoms with Gasteiger partial charge in [0, 0.05) is 45.2 Å². The minimum atomic E-state index is -4.39. The minimum absolute atomic E-state index is 0.103. The van der Waals surface area contributed by atoms with E-state index in [2.05, 4.69) is 10.1 Å². The summed E-state index contributed by atoms with van der Waals surface area (Å²) < 4.78 is 50.1. The zero-order valence-electron chi connectivity index (χ0n) is 19.4. The van der Waals surface area contributed by atoms with E-state index < -0.39 is 11.7 Å². The molecule has 2 aliphatic heterocycles. The van der Waals surface area contributed by atoms with E-state index in [0.717, 1.165) is 30.8 Å². The van der Waals surface area contributed by atoms with Gasteiger partial charge in [0.1, 0.15) is 0 Å². The van der Waals surface area contributed by atoms with Crippen LogP contribution in [0.4, 0.5) is 23.9 Å². The van der Waals surface area contributed by atoms with Crippen molar-refractivity contribution in [1.82, 2.24) is 19.9 Å². The van der Waals surface area contributed by atoms with Crippen molar-refractivity contribution in [1.29, 1.82) is 0 Å². The van der Waals surface area contributed by atoms with Crippen LogP contribution in [0.5, 0.6) is 0 Å². The number of hydrogen-bond acceptors (Lipinski definition) is 6. The second-order valence-corrected chi connectivity index (χ2v) is 8.64. The van der Waals surface area contributed by atoms with Crippen LogP contribution in [0.15, 0.2) is 28.8 Å². The third kappa shape index (κ3) is 5.29. The highest BCUT2D eigenvalue weighted by molar-refractivity contribution is 5.75. The molecule has 0 radical (unpaired) electrons. The number of urea groups is 1. The van der Waals surface area contributed by atoms with E-state index in [-0.39, 0.29) is 17.9 Å². The fraction of sp³-hybridized carbons (Fsp3) is 0.609. The number of rotatable bonds is 5. The average Bonchev–Trinajstić information content (AvgIpc) is 3.34. The van der Waals surface area contributed by atoms with E-state index in [9.17, 15) is 18.0 Å². The van der Waals surface area contributed by atoms with Gasteiger partial charge in [-0.25, -0.2) is 4.79 Å². The molecule has 11 heteroatoms. The van der Waals surface area contributed by atoms with Crippen molar-refractivity contribution in [2.75, 3.05) is 57.4 Å². The van der Waals surface area contributed by atoms with Crippen LogP contribution in [-0.2, 0) is 10.9 Å². The summed E-state index contributed by atoms with van der Waals surface area (Å²) in [6.45, 7) is 8.29. The first kappa shape index (κ1) is 24.3. The van der Waals surface area contributed by atoms with E-state index in [4.69, 9.17) is 9.26 Å². The highest BCUT2D eigenvalue weighted by atomic mass is 19.4. The van der Waals surface area contributed by atoms with Gasteiger partial charge in [0.25, 0.3) is 5.95 Å². The number of likely N-dealkylation sites (tertiary alicyclic amines) is 1. The van der Waals surface area contributed by atoms with E-state index >= 15 is 0 Å². The summed E-state index contributed by atoms with van der Waals surface area (Å²) >= 11 is 0. The summed E-state index contributed by atoms with van der Waals surface area (Å²) in [7, 11) is 0. The topological polar surface area (TPSA) is 74.9 Å². The first-order chi connectivity index (χ1) is 16.3. The fourth-order valence-electron chi connectivity index (χ4n) is 4.60. The van der Waals surface area contributed by atoms with Gasteiger partial charge in [0.2, 0.25) is 5.89 Å². The summed E-state index contributed by atoms with van der Waals surface area (Å²) in [5, 5.41) is 4.11. The van der Waals surface area contributed by atoms with Crippen LogP contribution >= 0.6 is 0 Å². The molecule has 186 valence electrons.